The number of hydrogen-bond donors (Lipinski definition) is 0. The predicted octanol–water partition coefficient (Wildman–Crippen LogP) is 2.53. The summed E-state index contributed by atoms with van der Waals surface area (Å²) < 4.78 is 17.6. The zero-order chi connectivity index (χ0) is 17.5. The minimum absolute atomic E-state index is 0.146. The molecule has 2 fully saturated rings. The van der Waals surface area contributed by atoms with Gasteiger partial charge in [0.05, 0.1) is 0 Å². The number of likely N-dealkylation sites (tertiary alicyclic amines) is 1. The first kappa shape index (κ1) is 18.4. The lowest BCUT2D eigenvalue weighted by atomic mass is 10.3. The van der Waals surface area contributed by atoms with E-state index in [4.69, 9.17) is 14.2 Å². The minimum Gasteiger partial charge on any atom is -0.485 e. The highest BCUT2D eigenvalue weighted by atomic mass is 16.7. The van der Waals surface area contributed by atoms with Gasteiger partial charge in [-0.1, -0.05) is 0 Å². The average molecular weight is 349 g/mol. The van der Waals surface area contributed by atoms with E-state index >= 15 is 0 Å². The van der Waals surface area contributed by atoms with E-state index in [9.17, 15) is 0 Å². The van der Waals surface area contributed by atoms with E-state index in [0.29, 0.717) is 13.2 Å². The SMILES string of the molecule is CCOC(CN1CCC(Oc2cccnc2N2CCCC2)C1)OCC. The van der Waals surface area contributed by atoms with Gasteiger partial charge in [0.25, 0.3) is 0 Å². The van der Waals surface area contributed by atoms with Crippen molar-refractivity contribution < 1.29 is 14.2 Å². The Kier molecular flexibility index (Phi) is 6.90. The molecule has 6 heteroatoms. The van der Waals surface area contributed by atoms with Gasteiger partial charge in [-0.05, 0) is 45.2 Å². The van der Waals surface area contributed by atoms with Gasteiger partial charge in [-0.25, -0.2) is 4.98 Å². The monoisotopic (exact) mass is 349 g/mol. The number of hydrogen-bond acceptors (Lipinski definition) is 6. The summed E-state index contributed by atoms with van der Waals surface area (Å²) in [5.74, 6) is 1.92. The van der Waals surface area contributed by atoms with E-state index in [1.165, 1.54) is 12.8 Å². The number of pyridine rings is 1. The van der Waals surface area contributed by atoms with Gasteiger partial charge in [-0.3, -0.25) is 4.90 Å². The van der Waals surface area contributed by atoms with Crippen LogP contribution >= 0.6 is 0 Å². The lowest BCUT2D eigenvalue weighted by Gasteiger charge is -2.24. The van der Waals surface area contributed by atoms with Gasteiger partial charge in [0.1, 0.15) is 6.10 Å². The Morgan fingerprint density at radius 2 is 1.92 bits per heavy atom. The second-order valence-electron chi connectivity index (χ2n) is 6.65. The second-order valence-corrected chi connectivity index (χ2v) is 6.65. The molecule has 0 N–H and O–H groups in total. The maximum atomic E-state index is 6.32. The van der Waals surface area contributed by atoms with E-state index in [2.05, 4.69) is 14.8 Å². The highest BCUT2D eigenvalue weighted by Gasteiger charge is 2.28. The summed E-state index contributed by atoms with van der Waals surface area (Å²) in [5.41, 5.74) is 0. The summed E-state index contributed by atoms with van der Waals surface area (Å²) >= 11 is 0. The summed E-state index contributed by atoms with van der Waals surface area (Å²) in [7, 11) is 0. The highest BCUT2D eigenvalue weighted by molar-refractivity contribution is 5.52. The summed E-state index contributed by atoms with van der Waals surface area (Å²) in [6.45, 7) is 10.2. The smallest absolute Gasteiger partial charge is 0.171 e. The van der Waals surface area contributed by atoms with Crippen molar-refractivity contribution in [3.05, 3.63) is 18.3 Å². The quantitative estimate of drug-likeness (QED) is 0.639. The largest absolute Gasteiger partial charge is 0.485 e. The van der Waals surface area contributed by atoms with E-state index in [1.807, 2.05) is 32.2 Å². The molecule has 3 rings (SSSR count). The van der Waals surface area contributed by atoms with E-state index in [0.717, 1.165) is 50.7 Å². The third kappa shape index (κ3) is 5.06. The molecule has 0 amide bonds. The molecule has 0 aliphatic carbocycles. The molecule has 0 aromatic carbocycles. The van der Waals surface area contributed by atoms with Crippen LogP contribution in [0.25, 0.3) is 0 Å². The molecule has 3 heterocycles. The Labute approximate surface area is 151 Å². The molecule has 1 aromatic rings. The van der Waals surface area contributed by atoms with Gasteiger partial charge in [0.15, 0.2) is 17.9 Å². The maximum absolute atomic E-state index is 6.32. The van der Waals surface area contributed by atoms with Crippen LogP contribution in [0.3, 0.4) is 0 Å². The first-order chi connectivity index (χ1) is 12.3. The second kappa shape index (κ2) is 9.36. The molecule has 25 heavy (non-hydrogen) atoms. The molecular formula is C19H31N3O3. The van der Waals surface area contributed by atoms with E-state index in [-0.39, 0.29) is 12.4 Å². The molecule has 1 unspecified atom stereocenters. The lowest BCUT2D eigenvalue weighted by Crippen LogP contribution is -2.35. The zero-order valence-corrected chi connectivity index (χ0v) is 15.5. The minimum atomic E-state index is -0.146. The standard InChI is InChI=1S/C19H31N3O3/c1-3-23-18(24-4-2)15-21-13-9-16(14-21)25-17-8-7-10-20-19(17)22-11-5-6-12-22/h7-8,10,16,18H,3-6,9,11-15H2,1-2H3. The number of rotatable bonds is 9. The Morgan fingerprint density at radius 1 is 1.16 bits per heavy atom. The molecule has 1 atom stereocenters. The average Bonchev–Trinajstić information content (AvgIpc) is 3.28. The summed E-state index contributed by atoms with van der Waals surface area (Å²) in [6.07, 6.45) is 5.42. The van der Waals surface area contributed by atoms with Crippen molar-refractivity contribution >= 4 is 5.82 Å². The maximum Gasteiger partial charge on any atom is 0.171 e. The molecule has 140 valence electrons. The summed E-state index contributed by atoms with van der Waals surface area (Å²) in [4.78, 5) is 9.27. The molecule has 0 spiro atoms. The van der Waals surface area contributed by atoms with Crippen molar-refractivity contribution in [2.45, 2.75) is 45.5 Å². The Bertz CT molecular complexity index is 516. The van der Waals surface area contributed by atoms with E-state index < -0.39 is 0 Å². The predicted molar refractivity (Wildman–Crippen MR) is 98.2 cm³/mol. The fourth-order valence-corrected chi connectivity index (χ4v) is 3.62. The van der Waals surface area contributed by atoms with Gasteiger partial charge in [-0.2, -0.15) is 0 Å². The third-order valence-electron chi connectivity index (χ3n) is 4.79. The lowest BCUT2D eigenvalue weighted by molar-refractivity contribution is -0.145. The number of ether oxygens (including phenoxy) is 3. The van der Waals surface area contributed by atoms with Gasteiger partial charge in [0.2, 0.25) is 0 Å². The van der Waals surface area contributed by atoms with Crippen LogP contribution in [0.4, 0.5) is 5.82 Å². The van der Waals surface area contributed by atoms with Gasteiger partial charge in [0, 0.05) is 52.1 Å². The van der Waals surface area contributed by atoms with Crippen LogP contribution in [-0.2, 0) is 9.47 Å². The van der Waals surface area contributed by atoms with Crippen LogP contribution in [0.5, 0.6) is 5.75 Å². The molecule has 0 radical (unpaired) electrons. The van der Waals surface area contributed by atoms with Crippen LogP contribution in [0.1, 0.15) is 33.1 Å². The van der Waals surface area contributed by atoms with Gasteiger partial charge in [-0.15, -0.1) is 0 Å². The van der Waals surface area contributed by atoms with Crippen molar-refractivity contribution in [2.75, 3.05) is 50.8 Å². The van der Waals surface area contributed by atoms with Gasteiger partial charge < -0.3 is 19.1 Å². The van der Waals surface area contributed by atoms with Crippen molar-refractivity contribution in [1.29, 1.82) is 0 Å². The molecule has 0 saturated carbocycles. The molecular weight excluding hydrogens is 318 g/mol. The molecule has 1 aromatic heterocycles. The van der Waals surface area contributed by atoms with Crippen LogP contribution < -0.4 is 9.64 Å². The van der Waals surface area contributed by atoms with Crippen molar-refractivity contribution in [3.8, 4) is 5.75 Å². The first-order valence-electron chi connectivity index (χ1n) is 9.62. The highest BCUT2D eigenvalue weighted by Crippen LogP contribution is 2.30. The topological polar surface area (TPSA) is 47.1 Å². The van der Waals surface area contributed by atoms with Crippen molar-refractivity contribution in [3.63, 3.8) is 0 Å². The fraction of sp³-hybridized carbons (Fsp3) is 0.737. The van der Waals surface area contributed by atoms with Crippen LogP contribution in [-0.4, -0.2) is 68.2 Å². The van der Waals surface area contributed by atoms with Crippen LogP contribution in [0.2, 0.25) is 0 Å². The number of aromatic nitrogens is 1. The summed E-state index contributed by atoms with van der Waals surface area (Å²) in [6, 6.07) is 4.01. The van der Waals surface area contributed by atoms with Crippen molar-refractivity contribution in [1.82, 2.24) is 9.88 Å². The third-order valence-corrected chi connectivity index (χ3v) is 4.79. The van der Waals surface area contributed by atoms with E-state index in [1.54, 1.807) is 0 Å². The van der Waals surface area contributed by atoms with Crippen LogP contribution in [0.15, 0.2) is 18.3 Å². The molecule has 2 saturated heterocycles. The Hall–Kier alpha value is -1.37. The molecule has 6 nitrogen and oxygen atoms in total. The first-order valence-corrected chi connectivity index (χ1v) is 9.62. The fourth-order valence-electron chi connectivity index (χ4n) is 3.62. The Balaban J connectivity index is 1.55. The molecule has 0 bridgehead atoms. The normalized spacial score (nSPS) is 21.4. The molecule has 2 aliphatic rings. The zero-order valence-electron chi connectivity index (χ0n) is 15.5. The van der Waals surface area contributed by atoms with Gasteiger partial charge >= 0.3 is 0 Å². The molecule has 2 aliphatic heterocycles. The number of anilines is 1. The Morgan fingerprint density at radius 3 is 2.64 bits per heavy atom. The van der Waals surface area contributed by atoms with Crippen LogP contribution in [0, 0.1) is 0 Å². The van der Waals surface area contributed by atoms with Crippen molar-refractivity contribution in [2.24, 2.45) is 0 Å². The number of nitrogens with zero attached hydrogens (tertiary/aromatic N) is 3. The summed E-state index contributed by atoms with van der Waals surface area (Å²) in [5, 5.41) is 0.